The van der Waals surface area contributed by atoms with Gasteiger partial charge in [-0.15, -0.1) is 5.10 Å². The second kappa shape index (κ2) is 1.83. The highest BCUT2D eigenvalue weighted by Crippen LogP contribution is 2.28. The highest BCUT2D eigenvalue weighted by Gasteiger charge is 2.19. The second-order valence-electron chi connectivity index (χ2n) is 2.30. The Balaban J connectivity index is 2.14. The van der Waals surface area contributed by atoms with Gasteiger partial charge in [-0.2, -0.15) is 0 Å². The van der Waals surface area contributed by atoms with Crippen molar-refractivity contribution in [3.05, 3.63) is 18.8 Å². The van der Waals surface area contributed by atoms with Crippen LogP contribution >= 0.6 is 0 Å². The van der Waals surface area contributed by atoms with Crippen molar-refractivity contribution in [1.82, 2.24) is 15.0 Å². The van der Waals surface area contributed by atoms with Crippen molar-refractivity contribution in [2.45, 2.75) is 18.9 Å². The molecule has 3 nitrogen and oxygen atoms in total. The summed E-state index contributed by atoms with van der Waals surface area (Å²) in [5, 5.41) is 7.61. The van der Waals surface area contributed by atoms with E-state index in [0.29, 0.717) is 6.04 Å². The van der Waals surface area contributed by atoms with E-state index < -0.39 is 0 Å². The Morgan fingerprint density at radius 1 is 1.44 bits per heavy atom. The molecule has 0 N–H and O–H groups in total. The standard InChI is InChI=1S/C6H8N3/c1-2-6(3-1)9-5-4-7-8-9/h1,4-6H,2-3H2. The van der Waals surface area contributed by atoms with E-state index in [0.717, 1.165) is 12.8 Å². The average molecular weight is 122 g/mol. The number of rotatable bonds is 1. The molecule has 0 amide bonds. The molecule has 1 fully saturated rings. The zero-order valence-corrected chi connectivity index (χ0v) is 5.07. The van der Waals surface area contributed by atoms with Gasteiger partial charge in [0.15, 0.2) is 0 Å². The van der Waals surface area contributed by atoms with Gasteiger partial charge in [0.25, 0.3) is 0 Å². The minimum Gasteiger partial charge on any atom is -0.250 e. The lowest BCUT2D eigenvalue weighted by molar-refractivity contribution is 0.357. The molecular formula is C6H8N3. The fourth-order valence-electron chi connectivity index (χ4n) is 0.944. The predicted octanol–water partition coefficient (Wildman–Crippen LogP) is 0.817. The van der Waals surface area contributed by atoms with Crippen LogP contribution in [0.2, 0.25) is 0 Å². The molecule has 2 rings (SSSR count). The van der Waals surface area contributed by atoms with Crippen LogP contribution in [0, 0.1) is 6.42 Å². The summed E-state index contributed by atoms with van der Waals surface area (Å²) in [5.74, 6) is 0. The van der Waals surface area contributed by atoms with Gasteiger partial charge in [0.2, 0.25) is 0 Å². The Bertz CT molecular complexity index is 176. The first-order valence-corrected chi connectivity index (χ1v) is 3.14. The van der Waals surface area contributed by atoms with Gasteiger partial charge in [-0.05, 0) is 19.3 Å². The van der Waals surface area contributed by atoms with Gasteiger partial charge in [-0.25, -0.2) is 4.68 Å². The van der Waals surface area contributed by atoms with Crippen molar-refractivity contribution in [3.63, 3.8) is 0 Å². The molecule has 0 saturated heterocycles. The highest BCUT2D eigenvalue weighted by atomic mass is 15.4. The summed E-state index contributed by atoms with van der Waals surface area (Å²) >= 11 is 0. The summed E-state index contributed by atoms with van der Waals surface area (Å²) in [6.07, 6.45) is 8.20. The fraction of sp³-hybridized carbons (Fsp3) is 0.500. The van der Waals surface area contributed by atoms with Gasteiger partial charge in [0.05, 0.1) is 12.2 Å². The highest BCUT2D eigenvalue weighted by molar-refractivity contribution is 4.89. The molecule has 3 heteroatoms. The first-order valence-electron chi connectivity index (χ1n) is 3.14. The van der Waals surface area contributed by atoms with Crippen LogP contribution in [0.1, 0.15) is 18.9 Å². The van der Waals surface area contributed by atoms with Crippen molar-refractivity contribution in [2.24, 2.45) is 0 Å². The molecule has 1 heterocycles. The molecule has 1 aliphatic rings. The lowest BCUT2D eigenvalue weighted by Crippen LogP contribution is -2.17. The number of aromatic nitrogens is 3. The van der Waals surface area contributed by atoms with Gasteiger partial charge in [0, 0.05) is 6.20 Å². The van der Waals surface area contributed by atoms with Crippen molar-refractivity contribution < 1.29 is 0 Å². The van der Waals surface area contributed by atoms with Gasteiger partial charge >= 0.3 is 0 Å². The molecule has 1 aliphatic carbocycles. The van der Waals surface area contributed by atoms with Crippen LogP contribution in [0.4, 0.5) is 0 Å². The minimum atomic E-state index is 0.604. The van der Waals surface area contributed by atoms with Gasteiger partial charge in [0.1, 0.15) is 0 Å². The third-order valence-electron chi connectivity index (χ3n) is 1.69. The van der Waals surface area contributed by atoms with E-state index in [-0.39, 0.29) is 0 Å². The summed E-state index contributed by atoms with van der Waals surface area (Å²) in [7, 11) is 0. The van der Waals surface area contributed by atoms with Crippen molar-refractivity contribution in [2.75, 3.05) is 0 Å². The Morgan fingerprint density at radius 2 is 2.33 bits per heavy atom. The zero-order valence-electron chi connectivity index (χ0n) is 5.07. The lowest BCUT2D eigenvalue weighted by Gasteiger charge is -2.24. The van der Waals surface area contributed by atoms with Crippen molar-refractivity contribution in [1.29, 1.82) is 0 Å². The number of nitrogens with zero attached hydrogens (tertiary/aromatic N) is 3. The first kappa shape index (κ1) is 4.97. The summed E-state index contributed by atoms with van der Waals surface area (Å²) in [6.45, 7) is 0. The maximum absolute atomic E-state index is 3.88. The maximum atomic E-state index is 3.88. The van der Waals surface area contributed by atoms with Gasteiger partial charge in [-0.1, -0.05) is 5.21 Å². The Labute approximate surface area is 53.7 Å². The predicted molar refractivity (Wildman–Crippen MR) is 32.6 cm³/mol. The van der Waals surface area contributed by atoms with Gasteiger partial charge in [-0.3, -0.25) is 0 Å². The fourth-order valence-corrected chi connectivity index (χ4v) is 0.944. The number of hydrogen-bond donors (Lipinski definition) is 0. The summed E-state index contributed by atoms with van der Waals surface area (Å²) in [6, 6.07) is 0.604. The molecule has 0 aromatic carbocycles. The van der Waals surface area contributed by atoms with Crippen LogP contribution in [-0.4, -0.2) is 15.0 Å². The van der Waals surface area contributed by atoms with E-state index in [9.17, 15) is 0 Å². The molecule has 0 bridgehead atoms. The number of hydrogen-bond acceptors (Lipinski definition) is 2. The van der Waals surface area contributed by atoms with E-state index in [1.165, 1.54) is 0 Å². The molecule has 1 radical (unpaired) electrons. The largest absolute Gasteiger partial charge is 0.250 e. The first-order chi connectivity index (χ1) is 4.47. The van der Waals surface area contributed by atoms with E-state index in [1.807, 2.05) is 10.9 Å². The molecule has 47 valence electrons. The SMILES string of the molecule is [CH]1CC(n2ccnn2)C1. The third kappa shape index (κ3) is 0.724. The van der Waals surface area contributed by atoms with Crippen LogP contribution in [0.5, 0.6) is 0 Å². The Morgan fingerprint density at radius 3 is 2.78 bits per heavy atom. The monoisotopic (exact) mass is 122 g/mol. The van der Waals surface area contributed by atoms with Crippen LogP contribution in [0.25, 0.3) is 0 Å². The molecule has 0 aliphatic heterocycles. The summed E-state index contributed by atoms with van der Waals surface area (Å²) in [5.41, 5.74) is 0. The molecule has 0 spiro atoms. The Kier molecular flexibility index (Phi) is 1.01. The molecule has 1 aromatic rings. The smallest absolute Gasteiger partial charge is 0.0693 e. The molecule has 0 atom stereocenters. The maximum Gasteiger partial charge on any atom is 0.0693 e. The van der Waals surface area contributed by atoms with Crippen LogP contribution in [0.15, 0.2) is 12.4 Å². The average Bonchev–Trinajstić information content (AvgIpc) is 2.11. The normalized spacial score (nSPS) is 19.6. The molecule has 9 heavy (non-hydrogen) atoms. The lowest BCUT2D eigenvalue weighted by atomic mass is 9.93. The van der Waals surface area contributed by atoms with E-state index in [1.54, 1.807) is 6.20 Å². The van der Waals surface area contributed by atoms with E-state index in [2.05, 4.69) is 16.7 Å². The topological polar surface area (TPSA) is 30.7 Å². The molecule has 0 unspecified atom stereocenters. The van der Waals surface area contributed by atoms with Crippen LogP contribution in [0.3, 0.4) is 0 Å². The third-order valence-corrected chi connectivity index (χ3v) is 1.69. The van der Waals surface area contributed by atoms with Crippen LogP contribution < -0.4 is 0 Å². The quantitative estimate of drug-likeness (QED) is 0.552. The molecular weight excluding hydrogens is 114 g/mol. The minimum absolute atomic E-state index is 0.604. The van der Waals surface area contributed by atoms with Gasteiger partial charge < -0.3 is 0 Å². The van der Waals surface area contributed by atoms with Crippen molar-refractivity contribution in [3.8, 4) is 0 Å². The van der Waals surface area contributed by atoms with Crippen LogP contribution in [-0.2, 0) is 0 Å². The Hall–Kier alpha value is -0.860. The zero-order chi connectivity index (χ0) is 6.10. The summed E-state index contributed by atoms with van der Waals surface area (Å²) < 4.78 is 1.92. The van der Waals surface area contributed by atoms with Crippen molar-refractivity contribution >= 4 is 0 Å². The summed E-state index contributed by atoms with van der Waals surface area (Å²) in [4.78, 5) is 0. The molecule has 1 aromatic heterocycles. The second-order valence-corrected chi connectivity index (χ2v) is 2.30. The van der Waals surface area contributed by atoms with E-state index >= 15 is 0 Å². The molecule has 1 saturated carbocycles. The van der Waals surface area contributed by atoms with E-state index in [4.69, 9.17) is 0 Å².